The van der Waals surface area contributed by atoms with Gasteiger partial charge in [0.15, 0.2) is 0 Å². The minimum absolute atomic E-state index is 0.232. The average Bonchev–Trinajstić information content (AvgIpc) is 2.32. The zero-order valence-corrected chi connectivity index (χ0v) is 12.2. The molecular weight excluding hydrogens is 250 g/mol. The Balaban J connectivity index is 2.31. The summed E-state index contributed by atoms with van der Waals surface area (Å²) in [6.45, 7) is 14.4. The largest absolute Gasteiger partial charge is 0.342 e. The van der Waals surface area contributed by atoms with E-state index in [1.165, 1.54) is 0 Å². The molecule has 0 N–H and O–H groups in total. The molecule has 0 saturated carbocycles. The molecule has 18 heavy (non-hydrogen) atoms. The van der Waals surface area contributed by atoms with Gasteiger partial charge in [-0.3, -0.25) is 14.6 Å². The van der Waals surface area contributed by atoms with Crippen molar-refractivity contribution in [1.29, 1.82) is 0 Å². The van der Waals surface area contributed by atoms with Crippen LogP contribution in [0.5, 0.6) is 0 Å². The molecule has 0 aromatic rings. The van der Waals surface area contributed by atoms with Crippen LogP contribution in [0.25, 0.3) is 0 Å². The van der Waals surface area contributed by atoms with Gasteiger partial charge in [0, 0.05) is 50.8 Å². The van der Waals surface area contributed by atoms with Crippen LogP contribution in [0.2, 0.25) is 0 Å². The van der Waals surface area contributed by atoms with Crippen LogP contribution in [0.1, 0.15) is 13.8 Å². The van der Waals surface area contributed by atoms with Crippen molar-refractivity contribution in [2.75, 3.05) is 52.4 Å². The molecule has 0 bridgehead atoms. The number of halogens is 1. The van der Waals surface area contributed by atoms with Gasteiger partial charge in [0.2, 0.25) is 5.91 Å². The van der Waals surface area contributed by atoms with Gasteiger partial charge in [0.1, 0.15) is 0 Å². The van der Waals surface area contributed by atoms with E-state index in [0.29, 0.717) is 11.6 Å². The molecule has 1 rings (SSSR count). The predicted octanol–water partition coefficient (Wildman–Crippen LogP) is 1.22. The van der Waals surface area contributed by atoms with Crippen LogP contribution in [0.15, 0.2) is 11.6 Å². The Kier molecular flexibility index (Phi) is 6.68. The number of amides is 1. The van der Waals surface area contributed by atoms with Crippen molar-refractivity contribution in [3.8, 4) is 0 Å². The number of hydrogen-bond acceptors (Lipinski definition) is 3. The first-order chi connectivity index (χ1) is 8.56. The maximum atomic E-state index is 12.0. The highest BCUT2D eigenvalue weighted by molar-refractivity contribution is 6.29. The second-order valence-electron chi connectivity index (χ2n) is 4.64. The summed E-state index contributed by atoms with van der Waals surface area (Å²) in [6.07, 6.45) is 0. The summed E-state index contributed by atoms with van der Waals surface area (Å²) in [7, 11) is 0. The molecule has 1 amide bonds. The molecule has 1 fully saturated rings. The standard InChI is InChI=1S/C13H24ClN3O/c1-4-17(5-2)13(18)11-16-8-6-15(7-9-16)10-12(3)14/h3-11H2,1-2H3. The summed E-state index contributed by atoms with van der Waals surface area (Å²) in [5.74, 6) is 0.232. The van der Waals surface area contributed by atoms with Gasteiger partial charge in [-0.05, 0) is 13.8 Å². The van der Waals surface area contributed by atoms with Gasteiger partial charge in [-0.15, -0.1) is 0 Å². The highest BCUT2D eigenvalue weighted by Crippen LogP contribution is 2.06. The highest BCUT2D eigenvalue weighted by Gasteiger charge is 2.20. The first kappa shape index (κ1) is 15.5. The van der Waals surface area contributed by atoms with Crippen LogP contribution in [-0.4, -0.2) is 73.0 Å². The van der Waals surface area contributed by atoms with E-state index in [4.69, 9.17) is 11.6 Å². The van der Waals surface area contributed by atoms with E-state index in [-0.39, 0.29) is 5.91 Å². The molecule has 0 aromatic heterocycles. The molecule has 1 aliphatic rings. The van der Waals surface area contributed by atoms with E-state index >= 15 is 0 Å². The van der Waals surface area contributed by atoms with Crippen molar-refractivity contribution in [3.05, 3.63) is 11.6 Å². The minimum Gasteiger partial charge on any atom is -0.342 e. The quantitative estimate of drug-likeness (QED) is 0.728. The molecule has 0 aromatic carbocycles. The second-order valence-corrected chi connectivity index (χ2v) is 5.17. The zero-order chi connectivity index (χ0) is 13.5. The summed E-state index contributed by atoms with van der Waals surface area (Å²) >= 11 is 5.80. The molecule has 5 heteroatoms. The average molecular weight is 274 g/mol. The van der Waals surface area contributed by atoms with Crippen LogP contribution in [0, 0.1) is 0 Å². The number of nitrogens with zero attached hydrogens (tertiary/aromatic N) is 3. The molecule has 1 aliphatic heterocycles. The summed E-state index contributed by atoms with van der Waals surface area (Å²) in [4.78, 5) is 18.3. The fourth-order valence-corrected chi connectivity index (χ4v) is 2.38. The van der Waals surface area contributed by atoms with Gasteiger partial charge in [-0.25, -0.2) is 0 Å². The Morgan fingerprint density at radius 1 is 1.11 bits per heavy atom. The van der Waals surface area contributed by atoms with Crippen LogP contribution >= 0.6 is 11.6 Å². The van der Waals surface area contributed by atoms with Crippen molar-refractivity contribution in [2.24, 2.45) is 0 Å². The van der Waals surface area contributed by atoms with E-state index in [9.17, 15) is 4.79 Å². The first-order valence-corrected chi connectivity index (χ1v) is 7.00. The van der Waals surface area contributed by atoms with E-state index in [1.807, 2.05) is 18.7 Å². The predicted molar refractivity (Wildman–Crippen MR) is 75.8 cm³/mol. The van der Waals surface area contributed by atoms with E-state index < -0.39 is 0 Å². The zero-order valence-electron chi connectivity index (χ0n) is 11.5. The number of piperazine rings is 1. The molecule has 0 radical (unpaired) electrons. The van der Waals surface area contributed by atoms with Crippen molar-refractivity contribution in [1.82, 2.24) is 14.7 Å². The minimum atomic E-state index is 0.232. The van der Waals surface area contributed by atoms with E-state index in [0.717, 1.165) is 45.8 Å². The molecule has 104 valence electrons. The first-order valence-electron chi connectivity index (χ1n) is 6.62. The Labute approximate surface area is 115 Å². The van der Waals surface area contributed by atoms with Crippen LogP contribution in [0.4, 0.5) is 0 Å². The van der Waals surface area contributed by atoms with Gasteiger partial charge in [-0.1, -0.05) is 18.2 Å². The summed E-state index contributed by atoms with van der Waals surface area (Å²) in [5, 5.41) is 0.683. The van der Waals surface area contributed by atoms with Gasteiger partial charge < -0.3 is 4.90 Å². The van der Waals surface area contributed by atoms with Crippen LogP contribution in [0.3, 0.4) is 0 Å². The number of rotatable bonds is 6. The number of carbonyl (C=O) groups excluding carboxylic acids is 1. The SMILES string of the molecule is C=C(Cl)CN1CCN(CC(=O)N(CC)CC)CC1. The van der Waals surface area contributed by atoms with Gasteiger partial charge in [0.25, 0.3) is 0 Å². The van der Waals surface area contributed by atoms with Crippen LogP contribution in [-0.2, 0) is 4.79 Å². The lowest BCUT2D eigenvalue weighted by atomic mass is 10.3. The second kappa shape index (κ2) is 7.77. The van der Waals surface area contributed by atoms with Gasteiger partial charge in [0.05, 0.1) is 6.54 Å². The third kappa shape index (κ3) is 4.96. The fraction of sp³-hybridized carbons (Fsp3) is 0.769. The topological polar surface area (TPSA) is 26.8 Å². The third-order valence-corrected chi connectivity index (χ3v) is 3.45. The number of likely N-dealkylation sites (N-methyl/N-ethyl adjacent to an activating group) is 1. The maximum Gasteiger partial charge on any atom is 0.236 e. The van der Waals surface area contributed by atoms with E-state index in [2.05, 4.69) is 16.4 Å². The Bertz CT molecular complexity index is 284. The van der Waals surface area contributed by atoms with Gasteiger partial charge in [-0.2, -0.15) is 0 Å². The van der Waals surface area contributed by atoms with Crippen molar-refractivity contribution in [2.45, 2.75) is 13.8 Å². The lowest BCUT2D eigenvalue weighted by Gasteiger charge is -2.35. The molecule has 0 unspecified atom stereocenters. The highest BCUT2D eigenvalue weighted by atomic mass is 35.5. The summed E-state index contributed by atoms with van der Waals surface area (Å²) < 4.78 is 0. The molecule has 4 nitrogen and oxygen atoms in total. The van der Waals surface area contributed by atoms with Crippen LogP contribution < -0.4 is 0 Å². The number of hydrogen-bond donors (Lipinski definition) is 0. The fourth-order valence-electron chi connectivity index (χ4n) is 2.22. The molecule has 0 aliphatic carbocycles. The maximum absolute atomic E-state index is 12.0. The normalized spacial score (nSPS) is 17.7. The van der Waals surface area contributed by atoms with Crippen molar-refractivity contribution in [3.63, 3.8) is 0 Å². The lowest BCUT2D eigenvalue weighted by Crippen LogP contribution is -2.50. The van der Waals surface area contributed by atoms with Crippen molar-refractivity contribution < 1.29 is 4.79 Å². The lowest BCUT2D eigenvalue weighted by molar-refractivity contribution is -0.132. The smallest absolute Gasteiger partial charge is 0.236 e. The Morgan fingerprint density at radius 3 is 1.94 bits per heavy atom. The molecule has 1 heterocycles. The third-order valence-electron chi connectivity index (χ3n) is 3.34. The monoisotopic (exact) mass is 273 g/mol. The summed E-state index contributed by atoms with van der Waals surface area (Å²) in [5.41, 5.74) is 0. The summed E-state index contributed by atoms with van der Waals surface area (Å²) in [6, 6.07) is 0. The number of carbonyl (C=O) groups is 1. The molecule has 1 saturated heterocycles. The molecular formula is C13H24ClN3O. The molecule has 0 atom stereocenters. The van der Waals surface area contributed by atoms with Gasteiger partial charge >= 0.3 is 0 Å². The molecule has 0 spiro atoms. The Morgan fingerprint density at radius 2 is 1.56 bits per heavy atom. The Hall–Kier alpha value is -0.580. The van der Waals surface area contributed by atoms with Crippen molar-refractivity contribution >= 4 is 17.5 Å². The van der Waals surface area contributed by atoms with E-state index in [1.54, 1.807) is 0 Å².